The highest BCUT2D eigenvalue weighted by molar-refractivity contribution is 6.30. The topological polar surface area (TPSA) is 54.0 Å². The van der Waals surface area contributed by atoms with Crippen LogP contribution in [0.4, 0.5) is 10.1 Å². The van der Waals surface area contributed by atoms with Gasteiger partial charge in [-0.3, -0.25) is 14.6 Å². The molecule has 0 spiro atoms. The number of piperazine rings is 1. The summed E-state index contributed by atoms with van der Waals surface area (Å²) in [6, 6.07) is 10.1. The number of anilines is 1. The fourth-order valence-corrected chi connectivity index (χ4v) is 3.51. The number of nitrogens with one attached hydrogen (secondary N) is 1. The van der Waals surface area contributed by atoms with Gasteiger partial charge in [0.2, 0.25) is 5.91 Å². The molecule has 2 aromatic carbocycles. The fraction of sp³-hybridized carbons (Fsp3) is 0.381. The summed E-state index contributed by atoms with van der Waals surface area (Å²) in [6.07, 6.45) is 0. The number of nitrogens with zero attached hydrogens (tertiary/aromatic N) is 2. The largest absolute Gasteiger partial charge is 0.497 e. The Hall–Kier alpha value is -2.35. The van der Waals surface area contributed by atoms with Gasteiger partial charge in [0.1, 0.15) is 17.3 Å². The molecular formula is C21H25ClFN3O3. The van der Waals surface area contributed by atoms with Crippen LogP contribution in [0.25, 0.3) is 0 Å². The Morgan fingerprint density at radius 1 is 1.07 bits per heavy atom. The van der Waals surface area contributed by atoms with Crippen LogP contribution < -0.4 is 14.8 Å². The molecule has 1 aliphatic heterocycles. The molecule has 0 bridgehead atoms. The summed E-state index contributed by atoms with van der Waals surface area (Å²) in [5.41, 5.74) is 1.57. The molecule has 2 aromatic rings. The number of hydrogen-bond acceptors (Lipinski definition) is 5. The molecule has 0 saturated carbocycles. The number of hydrogen-bond donors (Lipinski definition) is 1. The van der Waals surface area contributed by atoms with E-state index >= 15 is 0 Å². The SMILES string of the molecule is COc1ccc(OC)c(NC(=O)CN2CCN(Cc3ccc(F)c(Cl)c3)CC2)c1. The molecule has 0 aromatic heterocycles. The van der Waals surface area contributed by atoms with E-state index in [2.05, 4.69) is 15.1 Å². The second-order valence-corrected chi connectivity index (χ2v) is 7.32. The molecule has 1 fully saturated rings. The zero-order valence-electron chi connectivity index (χ0n) is 16.6. The third-order valence-electron chi connectivity index (χ3n) is 4.90. The first-order valence-electron chi connectivity index (χ1n) is 9.39. The van der Waals surface area contributed by atoms with E-state index < -0.39 is 5.82 Å². The molecule has 156 valence electrons. The highest BCUT2D eigenvalue weighted by Gasteiger charge is 2.20. The van der Waals surface area contributed by atoms with Gasteiger partial charge in [-0.15, -0.1) is 0 Å². The van der Waals surface area contributed by atoms with Gasteiger partial charge >= 0.3 is 0 Å². The molecule has 3 rings (SSSR count). The van der Waals surface area contributed by atoms with Gasteiger partial charge in [0.05, 0.1) is 31.5 Å². The maximum atomic E-state index is 13.3. The average molecular weight is 422 g/mol. The monoisotopic (exact) mass is 421 g/mol. The van der Waals surface area contributed by atoms with Crippen LogP contribution in [0, 0.1) is 5.82 Å². The van der Waals surface area contributed by atoms with Crippen molar-refractivity contribution in [3.63, 3.8) is 0 Å². The van der Waals surface area contributed by atoms with Gasteiger partial charge < -0.3 is 14.8 Å². The summed E-state index contributed by atoms with van der Waals surface area (Å²) in [7, 11) is 3.14. The van der Waals surface area contributed by atoms with Gasteiger partial charge in [0.25, 0.3) is 0 Å². The number of benzene rings is 2. The molecule has 0 atom stereocenters. The number of carbonyl (C=O) groups is 1. The van der Waals surface area contributed by atoms with E-state index in [4.69, 9.17) is 21.1 Å². The summed E-state index contributed by atoms with van der Waals surface area (Å²) in [4.78, 5) is 16.9. The smallest absolute Gasteiger partial charge is 0.238 e. The lowest BCUT2D eigenvalue weighted by molar-refractivity contribution is -0.117. The molecule has 29 heavy (non-hydrogen) atoms. The van der Waals surface area contributed by atoms with Gasteiger partial charge in [-0.1, -0.05) is 17.7 Å². The van der Waals surface area contributed by atoms with E-state index in [1.54, 1.807) is 44.6 Å². The minimum atomic E-state index is -0.404. The molecule has 0 radical (unpaired) electrons. The first kappa shape index (κ1) is 21.4. The van der Waals surface area contributed by atoms with E-state index in [9.17, 15) is 9.18 Å². The van der Waals surface area contributed by atoms with Crippen LogP contribution in [0.2, 0.25) is 5.02 Å². The summed E-state index contributed by atoms with van der Waals surface area (Å²) in [5, 5.41) is 3.04. The Labute approximate surface area is 175 Å². The van der Waals surface area contributed by atoms with Crippen molar-refractivity contribution < 1.29 is 18.7 Å². The van der Waals surface area contributed by atoms with E-state index in [0.29, 0.717) is 30.3 Å². The normalized spacial score (nSPS) is 15.2. The van der Waals surface area contributed by atoms with Crippen LogP contribution >= 0.6 is 11.6 Å². The van der Waals surface area contributed by atoms with Gasteiger partial charge in [0, 0.05) is 38.8 Å². The number of amides is 1. The molecular weight excluding hydrogens is 397 g/mol. The third-order valence-corrected chi connectivity index (χ3v) is 5.19. The number of methoxy groups -OCH3 is 2. The number of carbonyl (C=O) groups excluding carboxylic acids is 1. The molecule has 8 heteroatoms. The molecule has 1 N–H and O–H groups in total. The highest BCUT2D eigenvalue weighted by Crippen LogP contribution is 2.28. The molecule has 6 nitrogen and oxygen atoms in total. The van der Waals surface area contributed by atoms with Crippen molar-refractivity contribution in [1.82, 2.24) is 9.80 Å². The third kappa shape index (κ3) is 5.82. The zero-order valence-corrected chi connectivity index (χ0v) is 17.3. The van der Waals surface area contributed by atoms with Crippen molar-refractivity contribution in [2.45, 2.75) is 6.54 Å². The van der Waals surface area contributed by atoms with Gasteiger partial charge in [-0.05, 0) is 29.8 Å². The van der Waals surface area contributed by atoms with Crippen molar-refractivity contribution >= 4 is 23.2 Å². The second-order valence-electron chi connectivity index (χ2n) is 6.92. The van der Waals surface area contributed by atoms with Crippen LogP contribution in [0.3, 0.4) is 0 Å². The lowest BCUT2D eigenvalue weighted by Crippen LogP contribution is -2.48. The summed E-state index contributed by atoms with van der Waals surface area (Å²) >= 11 is 5.86. The van der Waals surface area contributed by atoms with Crippen molar-refractivity contribution in [2.24, 2.45) is 0 Å². The van der Waals surface area contributed by atoms with E-state index in [1.807, 2.05) is 0 Å². The first-order valence-corrected chi connectivity index (χ1v) is 9.77. The molecule has 1 aliphatic rings. The molecule has 0 unspecified atom stereocenters. The Morgan fingerprint density at radius 2 is 1.79 bits per heavy atom. The number of ether oxygens (including phenoxy) is 2. The average Bonchev–Trinajstić information content (AvgIpc) is 2.72. The van der Waals surface area contributed by atoms with Gasteiger partial charge in [-0.2, -0.15) is 0 Å². The van der Waals surface area contributed by atoms with Crippen LogP contribution in [0.15, 0.2) is 36.4 Å². The van der Waals surface area contributed by atoms with Gasteiger partial charge in [-0.25, -0.2) is 4.39 Å². The van der Waals surface area contributed by atoms with Crippen molar-refractivity contribution in [1.29, 1.82) is 0 Å². The Morgan fingerprint density at radius 3 is 2.45 bits per heavy atom. The lowest BCUT2D eigenvalue weighted by atomic mass is 10.2. The zero-order chi connectivity index (χ0) is 20.8. The Kier molecular flexibility index (Phi) is 7.30. The van der Waals surface area contributed by atoms with E-state index in [1.165, 1.54) is 6.07 Å². The maximum Gasteiger partial charge on any atom is 0.238 e. The van der Waals surface area contributed by atoms with Crippen LogP contribution in [0.1, 0.15) is 5.56 Å². The van der Waals surface area contributed by atoms with Gasteiger partial charge in [0.15, 0.2) is 0 Å². The Bertz CT molecular complexity index is 857. The Balaban J connectivity index is 1.49. The molecule has 1 heterocycles. The molecule has 1 amide bonds. The quantitative estimate of drug-likeness (QED) is 0.743. The number of halogens is 2. The van der Waals surface area contributed by atoms with Crippen LogP contribution in [-0.2, 0) is 11.3 Å². The minimum absolute atomic E-state index is 0.102. The predicted octanol–water partition coefficient (Wildman–Crippen LogP) is 3.25. The lowest BCUT2D eigenvalue weighted by Gasteiger charge is -2.34. The predicted molar refractivity (Wildman–Crippen MR) is 111 cm³/mol. The summed E-state index contributed by atoms with van der Waals surface area (Å²) in [6.45, 7) is 4.21. The van der Waals surface area contributed by atoms with Crippen molar-refractivity contribution in [3.05, 3.63) is 52.8 Å². The summed E-state index contributed by atoms with van der Waals surface area (Å²) < 4.78 is 23.8. The highest BCUT2D eigenvalue weighted by atomic mass is 35.5. The van der Waals surface area contributed by atoms with Crippen molar-refractivity contribution in [3.8, 4) is 11.5 Å². The van der Waals surface area contributed by atoms with E-state index in [-0.39, 0.29) is 10.9 Å². The first-order chi connectivity index (χ1) is 14.0. The molecule has 1 saturated heterocycles. The minimum Gasteiger partial charge on any atom is -0.497 e. The standard InChI is InChI=1S/C21H25ClFN3O3/c1-28-16-4-6-20(29-2)19(12-16)24-21(27)14-26-9-7-25(8-10-26)13-15-3-5-18(23)17(22)11-15/h3-6,11-12H,7-10,13-14H2,1-2H3,(H,24,27). The molecule has 0 aliphatic carbocycles. The number of rotatable bonds is 7. The van der Waals surface area contributed by atoms with Crippen molar-refractivity contribution in [2.75, 3.05) is 52.3 Å². The van der Waals surface area contributed by atoms with E-state index in [0.717, 1.165) is 31.7 Å². The van der Waals surface area contributed by atoms with Crippen LogP contribution in [-0.4, -0.2) is 62.7 Å². The van der Waals surface area contributed by atoms with Crippen LogP contribution in [0.5, 0.6) is 11.5 Å². The summed E-state index contributed by atoms with van der Waals surface area (Å²) in [5.74, 6) is 0.728. The second kappa shape index (κ2) is 9.91. The fourth-order valence-electron chi connectivity index (χ4n) is 3.31. The maximum absolute atomic E-state index is 13.3.